The fraction of sp³-hybridized carbons (Fsp3) is 0.227. The highest BCUT2D eigenvalue weighted by Crippen LogP contribution is 2.32. The molecule has 28 heavy (non-hydrogen) atoms. The Balaban J connectivity index is 1.74. The normalized spacial score (nSPS) is 17.8. The molecule has 6 heteroatoms. The smallest absolute Gasteiger partial charge is 0.242 e. The van der Waals surface area contributed by atoms with E-state index in [2.05, 4.69) is 16.9 Å². The summed E-state index contributed by atoms with van der Waals surface area (Å²) in [5, 5.41) is 3.00. The number of hydrogen-bond acceptors (Lipinski definition) is 4. The first-order valence-electron chi connectivity index (χ1n) is 9.07. The summed E-state index contributed by atoms with van der Waals surface area (Å²) in [5.41, 5.74) is 3.67. The maximum absolute atomic E-state index is 12.8. The number of amidine groups is 1. The number of aliphatic imine (C=N–C) groups is 1. The molecule has 0 spiro atoms. The van der Waals surface area contributed by atoms with Gasteiger partial charge in [0.1, 0.15) is 5.25 Å². The number of amides is 2. The number of thioether (sulfide) groups is 1. The SMILES string of the molecule is C=CCN1C(=O)[C@H](CC(=O)Nc2ccccc2C)SC1=Nc1ccc(C)cc1. The van der Waals surface area contributed by atoms with Gasteiger partial charge in [-0.3, -0.25) is 14.5 Å². The zero-order valence-electron chi connectivity index (χ0n) is 16.0. The lowest BCUT2D eigenvalue weighted by atomic mass is 10.2. The van der Waals surface area contributed by atoms with Crippen LogP contribution in [-0.4, -0.2) is 33.7 Å². The number of anilines is 1. The molecule has 1 saturated heterocycles. The highest BCUT2D eigenvalue weighted by molar-refractivity contribution is 8.15. The molecule has 1 fully saturated rings. The maximum atomic E-state index is 12.8. The molecule has 5 nitrogen and oxygen atoms in total. The number of nitrogens with one attached hydrogen (secondary N) is 1. The Morgan fingerprint density at radius 3 is 2.61 bits per heavy atom. The minimum atomic E-state index is -0.492. The molecule has 0 bridgehead atoms. The highest BCUT2D eigenvalue weighted by Gasteiger charge is 2.38. The Morgan fingerprint density at radius 1 is 1.21 bits per heavy atom. The van der Waals surface area contributed by atoms with Crippen molar-refractivity contribution in [3.05, 3.63) is 72.3 Å². The number of nitrogens with zero attached hydrogens (tertiary/aromatic N) is 2. The van der Waals surface area contributed by atoms with Crippen LogP contribution in [0, 0.1) is 13.8 Å². The second-order valence-electron chi connectivity index (χ2n) is 6.64. The van der Waals surface area contributed by atoms with Crippen LogP contribution in [0.2, 0.25) is 0 Å². The molecule has 144 valence electrons. The molecule has 0 saturated carbocycles. The van der Waals surface area contributed by atoms with Crippen molar-refractivity contribution in [1.82, 2.24) is 4.90 Å². The van der Waals surface area contributed by atoms with E-state index < -0.39 is 5.25 Å². The van der Waals surface area contributed by atoms with Gasteiger partial charge in [0, 0.05) is 18.7 Å². The number of benzene rings is 2. The van der Waals surface area contributed by atoms with Crippen molar-refractivity contribution in [3.63, 3.8) is 0 Å². The van der Waals surface area contributed by atoms with Gasteiger partial charge in [-0.2, -0.15) is 0 Å². The Labute approximate surface area is 169 Å². The number of rotatable bonds is 6. The summed E-state index contributed by atoms with van der Waals surface area (Å²) >= 11 is 1.33. The zero-order chi connectivity index (χ0) is 20.1. The Hall–Kier alpha value is -2.86. The van der Waals surface area contributed by atoms with E-state index >= 15 is 0 Å². The molecule has 2 amide bonds. The Morgan fingerprint density at radius 2 is 1.93 bits per heavy atom. The first-order chi connectivity index (χ1) is 13.5. The van der Waals surface area contributed by atoms with Crippen LogP contribution in [0.25, 0.3) is 0 Å². The average Bonchev–Trinajstić information content (AvgIpc) is 2.94. The summed E-state index contributed by atoms with van der Waals surface area (Å²) in [6.07, 6.45) is 1.76. The number of carbonyl (C=O) groups is 2. The topological polar surface area (TPSA) is 61.8 Å². The first kappa shape index (κ1) is 19.9. The average molecular weight is 394 g/mol. The van der Waals surface area contributed by atoms with Gasteiger partial charge in [-0.25, -0.2) is 4.99 Å². The van der Waals surface area contributed by atoms with Crippen molar-refractivity contribution in [2.24, 2.45) is 4.99 Å². The van der Waals surface area contributed by atoms with Gasteiger partial charge < -0.3 is 5.32 Å². The summed E-state index contributed by atoms with van der Waals surface area (Å²) in [4.78, 5) is 31.5. The molecule has 1 heterocycles. The molecule has 2 aromatic rings. The van der Waals surface area contributed by atoms with Crippen LogP contribution in [0.1, 0.15) is 17.5 Å². The number of hydrogen-bond donors (Lipinski definition) is 1. The van der Waals surface area contributed by atoms with Crippen molar-refractivity contribution in [2.45, 2.75) is 25.5 Å². The van der Waals surface area contributed by atoms with Gasteiger partial charge >= 0.3 is 0 Å². The summed E-state index contributed by atoms with van der Waals surface area (Å²) in [7, 11) is 0. The first-order valence-corrected chi connectivity index (χ1v) is 9.95. The van der Waals surface area contributed by atoms with E-state index in [9.17, 15) is 9.59 Å². The second-order valence-corrected chi connectivity index (χ2v) is 7.81. The molecule has 0 aromatic heterocycles. The quantitative estimate of drug-likeness (QED) is 0.738. The molecular formula is C22H23N3O2S. The third-order valence-corrected chi connectivity index (χ3v) is 5.56. The van der Waals surface area contributed by atoms with E-state index in [0.29, 0.717) is 11.7 Å². The van der Waals surface area contributed by atoms with Crippen LogP contribution in [0.3, 0.4) is 0 Å². The van der Waals surface area contributed by atoms with Crippen molar-refractivity contribution >= 4 is 40.1 Å². The van der Waals surface area contributed by atoms with Crippen LogP contribution in [0.5, 0.6) is 0 Å². The molecule has 0 unspecified atom stereocenters. The Kier molecular flexibility index (Phi) is 6.31. The summed E-state index contributed by atoms with van der Waals surface area (Å²) < 4.78 is 0. The van der Waals surface area contributed by atoms with E-state index in [0.717, 1.165) is 22.5 Å². The molecule has 0 radical (unpaired) electrons. The summed E-state index contributed by atoms with van der Waals surface area (Å²) in [6.45, 7) is 8.04. The van der Waals surface area contributed by atoms with Gasteiger partial charge in [0.05, 0.1) is 5.69 Å². The highest BCUT2D eigenvalue weighted by atomic mass is 32.2. The molecule has 0 aliphatic carbocycles. The number of para-hydroxylation sites is 1. The van der Waals surface area contributed by atoms with Crippen molar-refractivity contribution in [2.75, 3.05) is 11.9 Å². The largest absolute Gasteiger partial charge is 0.326 e. The van der Waals surface area contributed by atoms with Crippen LogP contribution in [-0.2, 0) is 9.59 Å². The Bertz CT molecular complexity index is 922. The van der Waals surface area contributed by atoms with Gasteiger partial charge in [0.2, 0.25) is 11.8 Å². The van der Waals surface area contributed by atoms with Crippen LogP contribution in [0.4, 0.5) is 11.4 Å². The molecule has 1 atom stereocenters. The van der Waals surface area contributed by atoms with Gasteiger partial charge in [0.15, 0.2) is 5.17 Å². The van der Waals surface area contributed by atoms with Crippen LogP contribution in [0.15, 0.2) is 66.2 Å². The van der Waals surface area contributed by atoms with Crippen molar-refractivity contribution in [1.29, 1.82) is 0 Å². The minimum absolute atomic E-state index is 0.0956. The third-order valence-electron chi connectivity index (χ3n) is 4.38. The van der Waals surface area contributed by atoms with Crippen molar-refractivity contribution in [3.8, 4) is 0 Å². The number of carbonyl (C=O) groups excluding carboxylic acids is 2. The van der Waals surface area contributed by atoms with E-state index in [1.54, 1.807) is 11.0 Å². The third kappa shape index (κ3) is 4.70. The van der Waals surface area contributed by atoms with Gasteiger partial charge in [0.25, 0.3) is 0 Å². The lowest BCUT2D eigenvalue weighted by Gasteiger charge is -2.14. The standard InChI is InChI=1S/C22H23N3O2S/c1-4-13-25-21(27)19(14-20(26)24-18-8-6-5-7-16(18)3)28-22(25)23-17-11-9-15(2)10-12-17/h4-12,19H,1,13-14H2,2-3H3,(H,24,26)/t19-/m0/s1. The lowest BCUT2D eigenvalue weighted by Crippen LogP contribution is -2.33. The van der Waals surface area contributed by atoms with Crippen LogP contribution >= 0.6 is 11.8 Å². The predicted molar refractivity (Wildman–Crippen MR) is 116 cm³/mol. The fourth-order valence-corrected chi connectivity index (χ4v) is 4.00. The second kappa shape index (κ2) is 8.89. The monoisotopic (exact) mass is 393 g/mol. The molecular weight excluding hydrogens is 370 g/mol. The maximum Gasteiger partial charge on any atom is 0.242 e. The summed E-state index contributed by atoms with van der Waals surface area (Å²) in [6, 6.07) is 15.4. The van der Waals surface area contributed by atoms with Gasteiger partial charge in [-0.05, 0) is 37.6 Å². The molecule has 1 N–H and O–H groups in total. The number of aryl methyl sites for hydroxylation is 2. The molecule has 1 aliphatic heterocycles. The van der Waals surface area contributed by atoms with E-state index in [4.69, 9.17) is 0 Å². The van der Waals surface area contributed by atoms with Crippen molar-refractivity contribution < 1.29 is 9.59 Å². The zero-order valence-corrected chi connectivity index (χ0v) is 16.8. The summed E-state index contributed by atoms with van der Waals surface area (Å²) in [5.74, 6) is -0.300. The van der Waals surface area contributed by atoms with Gasteiger partial charge in [-0.1, -0.05) is 53.7 Å². The van der Waals surface area contributed by atoms with E-state index in [1.165, 1.54) is 11.8 Å². The van der Waals surface area contributed by atoms with Crippen LogP contribution < -0.4 is 5.32 Å². The minimum Gasteiger partial charge on any atom is -0.326 e. The predicted octanol–water partition coefficient (Wildman–Crippen LogP) is 4.45. The molecule has 3 rings (SSSR count). The molecule has 1 aliphatic rings. The molecule has 2 aromatic carbocycles. The van der Waals surface area contributed by atoms with E-state index in [-0.39, 0.29) is 18.2 Å². The van der Waals surface area contributed by atoms with E-state index in [1.807, 2.05) is 62.4 Å². The fourth-order valence-electron chi connectivity index (χ4n) is 2.83. The van der Waals surface area contributed by atoms with Gasteiger partial charge in [-0.15, -0.1) is 6.58 Å². The lowest BCUT2D eigenvalue weighted by molar-refractivity contribution is -0.127.